The molecule has 3 unspecified atom stereocenters. The summed E-state index contributed by atoms with van der Waals surface area (Å²) in [4.78, 5) is 20.9. The van der Waals surface area contributed by atoms with Crippen LogP contribution in [0.25, 0.3) is 0 Å². The van der Waals surface area contributed by atoms with Crippen molar-refractivity contribution >= 4 is 5.91 Å². The lowest BCUT2D eigenvalue weighted by atomic mass is 10.0. The summed E-state index contributed by atoms with van der Waals surface area (Å²) in [6, 6.07) is 17.8. The van der Waals surface area contributed by atoms with Crippen molar-refractivity contribution in [1.82, 2.24) is 14.7 Å². The van der Waals surface area contributed by atoms with Crippen LogP contribution in [0.15, 0.2) is 48.5 Å². The fourth-order valence-electron chi connectivity index (χ4n) is 6.54. The highest BCUT2D eigenvalue weighted by atomic mass is 16.5. The Bertz CT molecular complexity index is 998. The maximum atomic E-state index is 13.7. The molecule has 0 radical (unpaired) electrons. The quantitative estimate of drug-likeness (QED) is 0.560. The van der Waals surface area contributed by atoms with E-state index in [-0.39, 0.29) is 11.9 Å². The Labute approximate surface area is 209 Å². The number of hydrogen-bond acceptors (Lipinski definition) is 5. The second kappa shape index (κ2) is 11.0. The molecule has 0 saturated carbocycles. The van der Waals surface area contributed by atoms with Gasteiger partial charge in [-0.15, -0.1) is 0 Å². The fourth-order valence-corrected chi connectivity index (χ4v) is 6.54. The average Bonchev–Trinajstić information content (AvgIpc) is 3.65. The minimum atomic E-state index is 0.0506. The Morgan fingerprint density at radius 2 is 1.57 bits per heavy atom. The molecule has 1 amide bonds. The summed E-state index contributed by atoms with van der Waals surface area (Å²) < 4.78 is 11.1. The van der Waals surface area contributed by atoms with Gasteiger partial charge in [0.2, 0.25) is 5.91 Å². The second-order valence-corrected chi connectivity index (χ2v) is 10.2. The van der Waals surface area contributed by atoms with Gasteiger partial charge in [-0.1, -0.05) is 30.3 Å². The number of nitrogens with zero attached hydrogens (tertiary/aromatic N) is 3. The van der Waals surface area contributed by atoms with E-state index < -0.39 is 0 Å². The van der Waals surface area contributed by atoms with Gasteiger partial charge in [0.15, 0.2) is 0 Å². The van der Waals surface area contributed by atoms with Crippen molar-refractivity contribution in [2.45, 2.75) is 63.2 Å². The van der Waals surface area contributed by atoms with Gasteiger partial charge in [-0.05, 0) is 75.4 Å². The summed E-state index contributed by atoms with van der Waals surface area (Å²) in [5, 5.41) is 0. The van der Waals surface area contributed by atoms with E-state index in [9.17, 15) is 4.79 Å². The molecule has 0 spiro atoms. The lowest BCUT2D eigenvalue weighted by molar-refractivity contribution is -0.133. The van der Waals surface area contributed by atoms with Crippen LogP contribution in [0.3, 0.4) is 0 Å². The minimum Gasteiger partial charge on any atom is -0.497 e. The van der Waals surface area contributed by atoms with E-state index in [1.807, 2.05) is 18.2 Å². The molecule has 35 heavy (non-hydrogen) atoms. The van der Waals surface area contributed by atoms with Crippen molar-refractivity contribution in [3.63, 3.8) is 0 Å². The molecule has 0 aliphatic carbocycles. The SMILES string of the molecule is COc1ccc(OC)c(C2CCCN2C(=O)CN2CCCC2C2CCCN2Cc2ccccc2)c1. The lowest BCUT2D eigenvalue weighted by Crippen LogP contribution is -2.49. The van der Waals surface area contributed by atoms with Gasteiger partial charge < -0.3 is 14.4 Å². The van der Waals surface area contributed by atoms with E-state index in [1.165, 1.54) is 31.2 Å². The van der Waals surface area contributed by atoms with Gasteiger partial charge in [0.05, 0.1) is 26.8 Å². The van der Waals surface area contributed by atoms with Gasteiger partial charge in [-0.2, -0.15) is 0 Å². The smallest absolute Gasteiger partial charge is 0.237 e. The molecule has 188 valence electrons. The normalized spacial score (nSPS) is 25.3. The van der Waals surface area contributed by atoms with Crippen molar-refractivity contribution < 1.29 is 14.3 Å². The van der Waals surface area contributed by atoms with Crippen LogP contribution in [0.5, 0.6) is 11.5 Å². The van der Waals surface area contributed by atoms with Crippen molar-refractivity contribution in [3.8, 4) is 11.5 Å². The zero-order valence-corrected chi connectivity index (χ0v) is 21.2. The van der Waals surface area contributed by atoms with Crippen LogP contribution >= 0.6 is 0 Å². The van der Waals surface area contributed by atoms with Crippen molar-refractivity contribution in [2.24, 2.45) is 0 Å². The Hall–Kier alpha value is -2.57. The third kappa shape index (κ3) is 5.19. The van der Waals surface area contributed by atoms with Gasteiger partial charge in [-0.25, -0.2) is 0 Å². The molecule has 3 aliphatic heterocycles. The summed E-state index contributed by atoms with van der Waals surface area (Å²) in [5.74, 6) is 1.88. The second-order valence-electron chi connectivity index (χ2n) is 10.2. The van der Waals surface area contributed by atoms with E-state index in [0.717, 1.165) is 56.1 Å². The molecule has 3 heterocycles. The maximum Gasteiger partial charge on any atom is 0.237 e. The Balaban J connectivity index is 1.27. The van der Waals surface area contributed by atoms with Crippen LogP contribution in [0.1, 0.15) is 55.7 Å². The first-order chi connectivity index (χ1) is 17.2. The molecule has 3 aliphatic rings. The molecule has 0 aromatic heterocycles. The average molecular weight is 478 g/mol. The number of likely N-dealkylation sites (tertiary alicyclic amines) is 3. The number of amides is 1. The molecule has 0 N–H and O–H groups in total. The molecule has 6 nitrogen and oxygen atoms in total. The first-order valence-corrected chi connectivity index (χ1v) is 13.2. The molecule has 3 saturated heterocycles. The number of benzene rings is 2. The van der Waals surface area contributed by atoms with Gasteiger partial charge >= 0.3 is 0 Å². The predicted octanol–water partition coefficient (Wildman–Crippen LogP) is 4.50. The minimum absolute atomic E-state index is 0.0506. The molecular formula is C29H39N3O3. The summed E-state index contributed by atoms with van der Waals surface area (Å²) in [6.07, 6.45) is 6.84. The molecule has 6 heteroatoms. The van der Waals surface area contributed by atoms with E-state index in [4.69, 9.17) is 9.47 Å². The number of methoxy groups -OCH3 is 2. The van der Waals surface area contributed by atoms with Crippen LogP contribution in [0, 0.1) is 0 Å². The summed E-state index contributed by atoms with van der Waals surface area (Å²) in [7, 11) is 3.38. The van der Waals surface area contributed by atoms with Crippen molar-refractivity contribution in [2.75, 3.05) is 40.4 Å². The first kappa shape index (κ1) is 24.1. The van der Waals surface area contributed by atoms with Crippen LogP contribution in [-0.2, 0) is 11.3 Å². The molecule has 2 aromatic carbocycles. The standard InChI is InChI=1S/C29H39N3O3/c1-34-23-14-15-28(35-2)24(19-23)25-11-8-18-32(25)29(33)21-31-17-7-13-27(31)26-12-6-16-30(26)20-22-9-4-3-5-10-22/h3-5,9-10,14-15,19,25-27H,6-8,11-13,16-18,20-21H2,1-2H3. The number of carbonyl (C=O) groups is 1. The maximum absolute atomic E-state index is 13.7. The molecular weight excluding hydrogens is 438 g/mol. The van der Waals surface area contributed by atoms with Gasteiger partial charge in [0.25, 0.3) is 0 Å². The highest BCUT2D eigenvalue weighted by Crippen LogP contribution is 2.39. The van der Waals surface area contributed by atoms with Crippen molar-refractivity contribution in [1.29, 1.82) is 0 Å². The topological polar surface area (TPSA) is 45.3 Å². The van der Waals surface area contributed by atoms with E-state index in [2.05, 4.69) is 45.0 Å². The van der Waals surface area contributed by atoms with Crippen LogP contribution in [-0.4, -0.2) is 73.1 Å². The van der Waals surface area contributed by atoms with Crippen molar-refractivity contribution in [3.05, 3.63) is 59.7 Å². The third-order valence-electron chi connectivity index (χ3n) is 8.21. The summed E-state index contributed by atoms with van der Waals surface area (Å²) in [5.41, 5.74) is 2.44. The van der Waals surface area contributed by atoms with E-state index in [0.29, 0.717) is 18.6 Å². The molecule has 3 fully saturated rings. The number of rotatable bonds is 8. The zero-order chi connectivity index (χ0) is 24.2. The lowest BCUT2D eigenvalue weighted by Gasteiger charge is -2.36. The zero-order valence-electron chi connectivity index (χ0n) is 21.2. The molecule has 3 atom stereocenters. The van der Waals surface area contributed by atoms with Gasteiger partial charge in [0.1, 0.15) is 11.5 Å². The highest BCUT2D eigenvalue weighted by molar-refractivity contribution is 5.79. The Morgan fingerprint density at radius 3 is 2.31 bits per heavy atom. The first-order valence-electron chi connectivity index (χ1n) is 13.2. The largest absolute Gasteiger partial charge is 0.497 e. The Kier molecular flexibility index (Phi) is 7.59. The number of ether oxygens (including phenoxy) is 2. The van der Waals surface area contributed by atoms with Crippen LogP contribution in [0.2, 0.25) is 0 Å². The third-order valence-corrected chi connectivity index (χ3v) is 8.21. The van der Waals surface area contributed by atoms with E-state index in [1.54, 1.807) is 14.2 Å². The highest BCUT2D eigenvalue weighted by Gasteiger charge is 2.40. The summed E-state index contributed by atoms with van der Waals surface area (Å²) >= 11 is 0. The van der Waals surface area contributed by atoms with E-state index >= 15 is 0 Å². The predicted molar refractivity (Wildman–Crippen MR) is 138 cm³/mol. The van der Waals surface area contributed by atoms with Crippen LogP contribution in [0.4, 0.5) is 0 Å². The molecule has 0 bridgehead atoms. The fraction of sp³-hybridized carbons (Fsp3) is 0.552. The monoisotopic (exact) mass is 477 g/mol. The van der Waals surface area contributed by atoms with Crippen LogP contribution < -0.4 is 9.47 Å². The molecule has 5 rings (SSSR count). The summed E-state index contributed by atoms with van der Waals surface area (Å²) in [6.45, 7) is 4.51. The van der Waals surface area contributed by atoms with Gasteiger partial charge in [0, 0.05) is 30.7 Å². The Morgan fingerprint density at radius 1 is 0.857 bits per heavy atom. The number of hydrogen-bond donors (Lipinski definition) is 0. The van der Waals surface area contributed by atoms with Gasteiger partial charge in [-0.3, -0.25) is 14.6 Å². The molecule has 2 aromatic rings. The number of carbonyl (C=O) groups excluding carboxylic acids is 1.